The molecule has 0 saturated carbocycles. The first-order valence-corrected chi connectivity index (χ1v) is 9.26. The minimum Gasteiger partial charge on any atom is -0.495 e. The number of methoxy groups -OCH3 is 1. The fourth-order valence-electron chi connectivity index (χ4n) is 3.31. The van der Waals surface area contributed by atoms with E-state index >= 15 is 0 Å². The first-order valence-electron chi connectivity index (χ1n) is 9.26. The molecule has 1 fully saturated rings. The molecule has 1 saturated heterocycles. The molecule has 1 aromatic heterocycles. The minimum atomic E-state index is -0.545. The van der Waals surface area contributed by atoms with Gasteiger partial charge in [-0.3, -0.25) is 9.59 Å². The largest absolute Gasteiger partial charge is 0.495 e. The number of hydrogen-bond donors (Lipinski definition) is 0. The van der Waals surface area contributed by atoms with Crippen molar-refractivity contribution in [3.05, 3.63) is 66.7 Å². The summed E-state index contributed by atoms with van der Waals surface area (Å²) < 4.78 is 16.3. The number of rotatable bonds is 6. The summed E-state index contributed by atoms with van der Waals surface area (Å²) >= 11 is 0. The third-order valence-corrected chi connectivity index (χ3v) is 4.78. The summed E-state index contributed by atoms with van der Waals surface area (Å²) in [5.74, 6) is 0.367. The minimum absolute atomic E-state index is 0.0784. The Morgan fingerprint density at radius 3 is 2.72 bits per heavy atom. The van der Waals surface area contributed by atoms with Crippen LogP contribution in [0, 0.1) is 5.92 Å². The number of ether oxygens (including phenoxy) is 2. The molecule has 0 bridgehead atoms. The Balaban J connectivity index is 1.37. The molecule has 2 heterocycles. The SMILES string of the molecule is COc1ccccc1N1C[C@@H](C(=O)OCc2ncc(-c3ccccc3)o2)CC1=O. The third kappa shape index (κ3) is 3.99. The molecule has 1 aliphatic rings. The molecule has 7 nitrogen and oxygen atoms in total. The molecule has 29 heavy (non-hydrogen) atoms. The highest BCUT2D eigenvalue weighted by molar-refractivity contribution is 6.00. The molecule has 148 valence electrons. The van der Waals surface area contributed by atoms with Gasteiger partial charge in [-0.15, -0.1) is 0 Å². The molecule has 0 radical (unpaired) electrons. The van der Waals surface area contributed by atoms with Gasteiger partial charge in [-0.1, -0.05) is 42.5 Å². The van der Waals surface area contributed by atoms with Gasteiger partial charge in [-0.25, -0.2) is 4.98 Å². The highest BCUT2D eigenvalue weighted by Crippen LogP contribution is 2.33. The number of oxazole rings is 1. The van der Waals surface area contributed by atoms with Crippen LogP contribution in [0.1, 0.15) is 12.3 Å². The van der Waals surface area contributed by atoms with Gasteiger partial charge in [0, 0.05) is 18.5 Å². The van der Waals surface area contributed by atoms with Gasteiger partial charge in [0.15, 0.2) is 12.4 Å². The van der Waals surface area contributed by atoms with Gasteiger partial charge >= 0.3 is 5.97 Å². The summed E-state index contributed by atoms with van der Waals surface area (Å²) in [6.07, 6.45) is 1.69. The van der Waals surface area contributed by atoms with Crippen molar-refractivity contribution in [2.24, 2.45) is 5.92 Å². The maximum absolute atomic E-state index is 12.5. The number of para-hydroxylation sites is 2. The van der Waals surface area contributed by atoms with Gasteiger partial charge in [-0.2, -0.15) is 0 Å². The van der Waals surface area contributed by atoms with Crippen LogP contribution in [-0.4, -0.2) is 30.5 Å². The van der Waals surface area contributed by atoms with Crippen molar-refractivity contribution in [3.8, 4) is 17.1 Å². The number of aromatic nitrogens is 1. The van der Waals surface area contributed by atoms with E-state index in [9.17, 15) is 9.59 Å². The Kier molecular flexibility index (Phi) is 5.29. The van der Waals surface area contributed by atoms with E-state index in [1.54, 1.807) is 30.3 Å². The van der Waals surface area contributed by atoms with E-state index in [2.05, 4.69) is 4.98 Å². The molecule has 0 aliphatic carbocycles. The summed E-state index contributed by atoms with van der Waals surface area (Å²) in [7, 11) is 1.55. The molecule has 1 amide bonds. The van der Waals surface area contributed by atoms with Crippen molar-refractivity contribution in [1.29, 1.82) is 0 Å². The van der Waals surface area contributed by atoms with E-state index in [0.29, 0.717) is 23.1 Å². The van der Waals surface area contributed by atoms with E-state index < -0.39 is 11.9 Å². The lowest BCUT2D eigenvalue weighted by Gasteiger charge is -2.19. The van der Waals surface area contributed by atoms with Gasteiger partial charge < -0.3 is 18.8 Å². The number of carbonyl (C=O) groups excluding carboxylic acids is 2. The molecule has 4 rings (SSSR count). The van der Waals surface area contributed by atoms with Gasteiger partial charge in [0.05, 0.1) is 24.9 Å². The van der Waals surface area contributed by atoms with Crippen molar-refractivity contribution in [3.63, 3.8) is 0 Å². The van der Waals surface area contributed by atoms with Crippen molar-refractivity contribution in [2.45, 2.75) is 13.0 Å². The Morgan fingerprint density at radius 1 is 1.17 bits per heavy atom. The van der Waals surface area contributed by atoms with Gasteiger partial charge in [0.25, 0.3) is 0 Å². The quantitative estimate of drug-likeness (QED) is 0.598. The molecular formula is C22H20N2O5. The molecule has 2 aromatic carbocycles. The molecule has 0 spiro atoms. The van der Waals surface area contributed by atoms with Crippen molar-refractivity contribution >= 4 is 17.6 Å². The predicted octanol–water partition coefficient (Wildman–Crippen LogP) is 3.45. The lowest BCUT2D eigenvalue weighted by molar-refractivity contribution is -0.150. The lowest BCUT2D eigenvalue weighted by Crippen LogP contribution is -2.26. The normalized spacial score (nSPS) is 16.1. The van der Waals surface area contributed by atoms with Crippen LogP contribution in [0.15, 0.2) is 65.2 Å². The number of amides is 1. The van der Waals surface area contributed by atoms with E-state index in [0.717, 1.165) is 5.56 Å². The summed E-state index contributed by atoms with van der Waals surface area (Å²) in [5, 5.41) is 0. The number of esters is 1. The average molecular weight is 392 g/mol. The van der Waals surface area contributed by atoms with Gasteiger partial charge in [0.1, 0.15) is 5.75 Å². The first-order chi connectivity index (χ1) is 14.2. The van der Waals surface area contributed by atoms with E-state index in [1.807, 2.05) is 42.5 Å². The van der Waals surface area contributed by atoms with E-state index in [1.165, 1.54) is 0 Å². The summed E-state index contributed by atoms with van der Waals surface area (Å²) in [4.78, 5) is 30.6. The Hall–Kier alpha value is -3.61. The summed E-state index contributed by atoms with van der Waals surface area (Å²) in [6, 6.07) is 16.8. The highest BCUT2D eigenvalue weighted by Gasteiger charge is 2.37. The number of benzene rings is 2. The van der Waals surface area contributed by atoms with Gasteiger partial charge in [0.2, 0.25) is 11.8 Å². The first kappa shape index (κ1) is 18.7. The van der Waals surface area contributed by atoms with Crippen LogP contribution in [0.25, 0.3) is 11.3 Å². The molecule has 7 heteroatoms. The van der Waals surface area contributed by atoms with Crippen LogP contribution in [0.5, 0.6) is 5.75 Å². The number of nitrogens with zero attached hydrogens (tertiary/aromatic N) is 2. The van der Waals surface area contributed by atoms with Crippen LogP contribution in [-0.2, 0) is 20.9 Å². The van der Waals surface area contributed by atoms with Crippen molar-refractivity contribution in [2.75, 3.05) is 18.6 Å². The number of carbonyl (C=O) groups is 2. The molecule has 0 N–H and O–H groups in total. The molecule has 0 unspecified atom stereocenters. The van der Waals surface area contributed by atoms with Crippen molar-refractivity contribution in [1.82, 2.24) is 4.98 Å². The zero-order chi connectivity index (χ0) is 20.2. The Labute approximate surface area is 167 Å². The van der Waals surface area contributed by atoms with Crippen LogP contribution >= 0.6 is 0 Å². The van der Waals surface area contributed by atoms with Crippen LogP contribution in [0.2, 0.25) is 0 Å². The second kappa shape index (κ2) is 8.18. The molecule has 3 aromatic rings. The summed E-state index contributed by atoms with van der Waals surface area (Å²) in [5.41, 5.74) is 1.54. The zero-order valence-electron chi connectivity index (χ0n) is 15.9. The summed E-state index contributed by atoms with van der Waals surface area (Å²) in [6.45, 7) is 0.171. The maximum atomic E-state index is 12.5. The van der Waals surface area contributed by atoms with Gasteiger partial charge in [-0.05, 0) is 12.1 Å². The standard InChI is InChI=1S/C22H20N2O5/c1-27-18-10-6-5-9-17(18)24-13-16(11-21(24)25)22(26)28-14-20-23-12-19(29-20)15-7-3-2-4-8-15/h2-10,12,16H,11,13-14H2,1H3/t16-/m0/s1. The molecule has 1 aliphatic heterocycles. The van der Waals surface area contributed by atoms with E-state index in [4.69, 9.17) is 13.9 Å². The number of hydrogen-bond acceptors (Lipinski definition) is 6. The number of anilines is 1. The fourth-order valence-corrected chi connectivity index (χ4v) is 3.31. The van der Waals surface area contributed by atoms with Crippen LogP contribution in [0.3, 0.4) is 0 Å². The lowest BCUT2D eigenvalue weighted by atomic mass is 10.1. The Morgan fingerprint density at radius 2 is 1.93 bits per heavy atom. The maximum Gasteiger partial charge on any atom is 0.311 e. The molecular weight excluding hydrogens is 372 g/mol. The second-order valence-electron chi connectivity index (χ2n) is 6.67. The second-order valence-corrected chi connectivity index (χ2v) is 6.67. The Bertz CT molecular complexity index is 1010. The van der Waals surface area contributed by atoms with Crippen molar-refractivity contribution < 1.29 is 23.5 Å². The van der Waals surface area contributed by atoms with E-state index in [-0.39, 0.29) is 25.5 Å². The average Bonchev–Trinajstić information content (AvgIpc) is 3.39. The highest BCUT2D eigenvalue weighted by atomic mass is 16.5. The van der Waals surface area contributed by atoms with Crippen LogP contribution in [0.4, 0.5) is 5.69 Å². The smallest absolute Gasteiger partial charge is 0.311 e. The van der Waals surface area contributed by atoms with Crippen LogP contribution < -0.4 is 9.64 Å². The topological polar surface area (TPSA) is 81.9 Å². The zero-order valence-corrected chi connectivity index (χ0v) is 15.9. The predicted molar refractivity (Wildman–Crippen MR) is 105 cm³/mol. The third-order valence-electron chi connectivity index (χ3n) is 4.78. The monoisotopic (exact) mass is 392 g/mol. The fraction of sp³-hybridized carbons (Fsp3) is 0.227. The molecule has 1 atom stereocenters.